The molecular weight excluding hydrogens is 274 g/mol. The molecule has 0 amide bonds. The van der Waals surface area contributed by atoms with Crippen molar-refractivity contribution in [3.05, 3.63) is 0 Å². The third-order valence-electron chi connectivity index (χ3n) is 5.49. The Labute approximate surface area is 137 Å². The van der Waals surface area contributed by atoms with Crippen LogP contribution in [0.2, 0.25) is 0 Å². The van der Waals surface area contributed by atoms with Crippen molar-refractivity contribution in [1.82, 2.24) is 5.32 Å². The van der Waals surface area contributed by atoms with Gasteiger partial charge in [-0.05, 0) is 78.2 Å². The summed E-state index contributed by atoms with van der Waals surface area (Å²) in [7, 11) is 0. The van der Waals surface area contributed by atoms with Crippen molar-refractivity contribution in [3.63, 3.8) is 0 Å². The van der Waals surface area contributed by atoms with E-state index in [4.69, 9.17) is 9.47 Å². The smallest absolute Gasteiger partial charge is 0.0641 e. The zero-order valence-electron chi connectivity index (χ0n) is 15.5. The van der Waals surface area contributed by atoms with E-state index >= 15 is 0 Å². The maximum Gasteiger partial charge on any atom is 0.0641 e. The van der Waals surface area contributed by atoms with Crippen molar-refractivity contribution in [3.8, 4) is 0 Å². The lowest BCUT2D eigenvalue weighted by molar-refractivity contribution is -0.110. The van der Waals surface area contributed by atoms with E-state index in [0.29, 0.717) is 11.5 Å². The Kier molecular flexibility index (Phi) is 5.95. The molecule has 0 radical (unpaired) electrons. The molecule has 0 aromatic heterocycles. The Morgan fingerprint density at radius 3 is 2.36 bits per heavy atom. The van der Waals surface area contributed by atoms with Crippen LogP contribution in [0, 0.1) is 5.41 Å². The lowest BCUT2D eigenvalue weighted by Gasteiger charge is -2.45. The zero-order chi connectivity index (χ0) is 16.3. The molecule has 2 fully saturated rings. The van der Waals surface area contributed by atoms with Crippen LogP contribution in [-0.2, 0) is 9.47 Å². The average molecular weight is 312 g/mol. The molecule has 2 aliphatic heterocycles. The molecule has 0 spiro atoms. The summed E-state index contributed by atoms with van der Waals surface area (Å²) in [6.07, 6.45) is 8.60. The van der Waals surface area contributed by atoms with Gasteiger partial charge in [-0.3, -0.25) is 0 Å². The SMILES string of the molecule is CCC[C@@]1(CCN[C@H]2CCOC(C)(C)C2)CCOC(C)(C)C1. The maximum absolute atomic E-state index is 5.95. The minimum Gasteiger partial charge on any atom is -0.376 e. The Hall–Kier alpha value is -0.120. The number of nitrogens with one attached hydrogen (secondary N) is 1. The molecule has 1 N–H and O–H groups in total. The molecule has 0 aromatic carbocycles. The molecular formula is C19H37NO2. The molecule has 2 aliphatic rings. The first-order valence-electron chi connectivity index (χ1n) is 9.27. The number of ether oxygens (including phenoxy) is 2. The van der Waals surface area contributed by atoms with Gasteiger partial charge in [-0.2, -0.15) is 0 Å². The van der Waals surface area contributed by atoms with Gasteiger partial charge in [0.05, 0.1) is 11.2 Å². The molecule has 2 saturated heterocycles. The first kappa shape index (κ1) is 18.2. The van der Waals surface area contributed by atoms with E-state index in [9.17, 15) is 0 Å². The van der Waals surface area contributed by atoms with Crippen LogP contribution in [0.25, 0.3) is 0 Å². The first-order chi connectivity index (χ1) is 10.3. The fourth-order valence-corrected chi connectivity index (χ4v) is 4.62. The molecule has 0 saturated carbocycles. The van der Waals surface area contributed by atoms with Crippen molar-refractivity contribution in [2.45, 2.75) is 96.8 Å². The molecule has 0 bridgehead atoms. The van der Waals surface area contributed by atoms with Gasteiger partial charge in [0.1, 0.15) is 0 Å². The quantitative estimate of drug-likeness (QED) is 0.793. The average Bonchev–Trinajstić information content (AvgIpc) is 2.36. The Bertz CT molecular complexity index is 349. The summed E-state index contributed by atoms with van der Waals surface area (Å²) in [6.45, 7) is 14.2. The summed E-state index contributed by atoms with van der Waals surface area (Å²) in [4.78, 5) is 0. The van der Waals surface area contributed by atoms with Crippen LogP contribution in [0.4, 0.5) is 0 Å². The van der Waals surface area contributed by atoms with Gasteiger partial charge < -0.3 is 14.8 Å². The minimum atomic E-state index is 0.0394. The van der Waals surface area contributed by atoms with E-state index in [1.165, 1.54) is 32.1 Å². The molecule has 2 rings (SSSR count). The monoisotopic (exact) mass is 311 g/mol. The van der Waals surface area contributed by atoms with Gasteiger partial charge in [0, 0.05) is 19.3 Å². The maximum atomic E-state index is 5.95. The molecule has 3 heteroatoms. The van der Waals surface area contributed by atoms with Crippen molar-refractivity contribution >= 4 is 0 Å². The Balaban J connectivity index is 1.84. The topological polar surface area (TPSA) is 30.5 Å². The van der Waals surface area contributed by atoms with Gasteiger partial charge in [0.25, 0.3) is 0 Å². The van der Waals surface area contributed by atoms with E-state index in [2.05, 4.69) is 39.9 Å². The van der Waals surface area contributed by atoms with Crippen LogP contribution in [0.5, 0.6) is 0 Å². The normalized spacial score (nSPS) is 34.5. The molecule has 2 atom stereocenters. The van der Waals surface area contributed by atoms with Crippen LogP contribution < -0.4 is 5.32 Å². The predicted molar refractivity (Wildman–Crippen MR) is 92.3 cm³/mol. The summed E-state index contributed by atoms with van der Waals surface area (Å²) < 4.78 is 11.8. The van der Waals surface area contributed by atoms with Crippen molar-refractivity contribution < 1.29 is 9.47 Å². The molecule has 2 heterocycles. The highest BCUT2D eigenvalue weighted by Crippen LogP contribution is 2.44. The molecule has 0 aromatic rings. The van der Waals surface area contributed by atoms with Crippen LogP contribution in [0.15, 0.2) is 0 Å². The second-order valence-corrected chi connectivity index (χ2v) is 8.79. The standard InChI is InChI=1S/C19H37NO2/c1-6-8-19(10-13-22-18(4,5)15-19)9-11-20-16-7-12-21-17(2,3)14-16/h16,20H,6-15H2,1-5H3/t16-,19+/m0/s1. The van der Waals surface area contributed by atoms with E-state index in [0.717, 1.165) is 32.6 Å². The lowest BCUT2D eigenvalue weighted by atomic mass is 9.69. The van der Waals surface area contributed by atoms with Gasteiger partial charge in [-0.1, -0.05) is 13.3 Å². The van der Waals surface area contributed by atoms with Crippen LogP contribution >= 0.6 is 0 Å². The molecule has 22 heavy (non-hydrogen) atoms. The number of rotatable bonds is 6. The number of hydrogen-bond acceptors (Lipinski definition) is 3. The van der Waals surface area contributed by atoms with Crippen molar-refractivity contribution in [2.75, 3.05) is 19.8 Å². The first-order valence-corrected chi connectivity index (χ1v) is 9.27. The van der Waals surface area contributed by atoms with Gasteiger partial charge >= 0.3 is 0 Å². The Morgan fingerprint density at radius 2 is 1.73 bits per heavy atom. The molecule has 3 nitrogen and oxygen atoms in total. The third-order valence-corrected chi connectivity index (χ3v) is 5.49. The van der Waals surface area contributed by atoms with Crippen LogP contribution in [-0.4, -0.2) is 37.0 Å². The van der Waals surface area contributed by atoms with E-state index in [-0.39, 0.29) is 11.2 Å². The fraction of sp³-hybridized carbons (Fsp3) is 1.00. The summed E-state index contributed by atoms with van der Waals surface area (Å²) in [5, 5.41) is 3.81. The number of hydrogen-bond donors (Lipinski definition) is 1. The van der Waals surface area contributed by atoms with Crippen molar-refractivity contribution in [2.24, 2.45) is 5.41 Å². The summed E-state index contributed by atoms with van der Waals surface area (Å²) >= 11 is 0. The second kappa shape index (κ2) is 7.19. The third kappa shape index (κ3) is 5.21. The summed E-state index contributed by atoms with van der Waals surface area (Å²) in [6, 6.07) is 0.621. The zero-order valence-corrected chi connectivity index (χ0v) is 15.5. The summed E-state index contributed by atoms with van der Waals surface area (Å²) in [5.74, 6) is 0. The highest BCUT2D eigenvalue weighted by atomic mass is 16.5. The highest BCUT2D eigenvalue weighted by Gasteiger charge is 2.40. The lowest BCUT2D eigenvalue weighted by Crippen LogP contribution is -2.46. The molecule has 0 unspecified atom stereocenters. The Morgan fingerprint density at radius 1 is 1.00 bits per heavy atom. The van der Waals surface area contributed by atoms with E-state index < -0.39 is 0 Å². The van der Waals surface area contributed by atoms with Gasteiger partial charge in [0.15, 0.2) is 0 Å². The largest absolute Gasteiger partial charge is 0.376 e. The van der Waals surface area contributed by atoms with Gasteiger partial charge in [-0.25, -0.2) is 0 Å². The van der Waals surface area contributed by atoms with Gasteiger partial charge in [-0.15, -0.1) is 0 Å². The molecule has 0 aliphatic carbocycles. The van der Waals surface area contributed by atoms with E-state index in [1.807, 2.05) is 0 Å². The van der Waals surface area contributed by atoms with Crippen LogP contribution in [0.3, 0.4) is 0 Å². The second-order valence-electron chi connectivity index (χ2n) is 8.79. The fourth-order valence-electron chi connectivity index (χ4n) is 4.62. The van der Waals surface area contributed by atoms with E-state index in [1.54, 1.807) is 0 Å². The highest BCUT2D eigenvalue weighted by molar-refractivity contribution is 4.91. The molecule has 130 valence electrons. The van der Waals surface area contributed by atoms with Crippen LogP contribution in [0.1, 0.15) is 79.6 Å². The predicted octanol–water partition coefficient (Wildman–Crippen LogP) is 4.30. The van der Waals surface area contributed by atoms with Crippen molar-refractivity contribution in [1.29, 1.82) is 0 Å². The summed E-state index contributed by atoms with van der Waals surface area (Å²) in [5.41, 5.74) is 0.565. The van der Waals surface area contributed by atoms with Gasteiger partial charge in [0.2, 0.25) is 0 Å². The minimum absolute atomic E-state index is 0.0394.